The first-order valence-electron chi connectivity index (χ1n) is 9.69. The van der Waals surface area contributed by atoms with Gasteiger partial charge in [-0.05, 0) is 48.3 Å². The van der Waals surface area contributed by atoms with Gasteiger partial charge in [-0.3, -0.25) is 4.90 Å². The zero-order valence-corrected chi connectivity index (χ0v) is 19.3. The number of hydrogen-bond donors (Lipinski definition) is 0. The molecule has 29 heavy (non-hydrogen) atoms. The summed E-state index contributed by atoms with van der Waals surface area (Å²) in [6.45, 7) is 4.92. The third-order valence-corrected chi connectivity index (χ3v) is 6.01. The van der Waals surface area contributed by atoms with E-state index >= 15 is 0 Å². The predicted molar refractivity (Wildman–Crippen MR) is 123 cm³/mol. The monoisotopic (exact) mass is 478 g/mol. The van der Waals surface area contributed by atoms with Crippen LogP contribution >= 0.6 is 27.5 Å². The van der Waals surface area contributed by atoms with Crippen LogP contribution in [0.15, 0.2) is 46.9 Å². The van der Waals surface area contributed by atoms with Crippen molar-refractivity contribution in [2.24, 2.45) is 0 Å². The summed E-state index contributed by atoms with van der Waals surface area (Å²) in [5, 5.41) is 1.16. The number of hydrogen-bond acceptors (Lipinski definition) is 6. The van der Waals surface area contributed by atoms with Gasteiger partial charge in [0.15, 0.2) is 0 Å². The minimum atomic E-state index is 0.681. The van der Waals surface area contributed by atoms with Crippen LogP contribution in [0.5, 0.6) is 5.75 Å². The Hall–Kier alpha value is -1.51. The van der Waals surface area contributed by atoms with Crippen LogP contribution in [0.25, 0.3) is 21.3 Å². The van der Waals surface area contributed by atoms with Crippen molar-refractivity contribution in [3.8, 4) is 17.0 Å². The maximum atomic E-state index is 5.99. The molecule has 7 heteroatoms. The Morgan fingerprint density at radius 1 is 0.931 bits per heavy atom. The lowest BCUT2D eigenvalue weighted by Gasteiger charge is -2.21. The summed E-state index contributed by atoms with van der Waals surface area (Å²) in [6.07, 6.45) is 0.957. The van der Waals surface area contributed by atoms with E-state index in [1.54, 1.807) is 14.2 Å². The molecule has 3 aromatic rings. The molecule has 0 amide bonds. The van der Waals surface area contributed by atoms with E-state index in [1.165, 1.54) is 11.5 Å². The molecule has 3 rings (SSSR count). The molecular formula is C22H27BrN2O3S. The molecule has 0 unspecified atom stereocenters. The van der Waals surface area contributed by atoms with Gasteiger partial charge in [-0.25, -0.2) is 0 Å². The van der Waals surface area contributed by atoms with Crippen molar-refractivity contribution >= 4 is 37.5 Å². The average molecular weight is 479 g/mol. The van der Waals surface area contributed by atoms with E-state index in [0.717, 1.165) is 70.8 Å². The topological polar surface area (TPSA) is 43.8 Å². The Bertz CT molecular complexity index is 877. The van der Waals surface area contributed by atoms with Crippen molar-refractivity contribution in [1.29, 1.82) is 0 Å². The summed E-state index contributed by atoms with van der Waals surface area (Å²) in [5.41, 5.74) is 2.15. The summed E-state index contributed by atoms with van der Waals surface area (Å²) >= 11 is 4.99. The Morgan fingerprint density at radius 3 is 2.34 bits per heavy atom. The predicted octanol–water partition coefficient (Wildman–Crippen LogP) is 5.09. The maximum absolute atomic E-state index is 5.99. The van der Waals surface area contributed by atoms with Crippen molar-refractivity contribution in [3.05, 3.63) is 46.9 Å². The average Bonchev–Trinajstić information content (AvgIpc) is 3.16. The molecule has 5 nitrogen and oxygen atoms in total. The van der Waals surface area contributed by atoms with Gasteiger partial charge in [-0.1, -0.05) is 28.1 Å². The maximum Gasteiger partial charge on any atom is 0.120 e. The van der Waals surface area contributed by atoms with E-state index in [2.05, 4.69) is 49.5 Å². The van der Waals surface area contributed by atoms with Gasteiger partial charge < -0.3 is 14.2 Å². The Balaban J connectivity index is 1.55. The molecule has 0 spiro atoms. The van der Waals surface area contributed by atoms with E-state index in [9.17, 15) is 0 Å². The highest BCUT2D eigenvalue weighted by molar-refractivity contribution is 9.10. The van der Waals surface area contributed by atoms with Gasteiger partial charge >= 0.3 is 0 Å². The fraction of sp³-hybridized carbons (Fsp3) is 0.409. The standard InChI is InChI=1S/C22H27BrN2O3S/c1-26-14-11-25(12-15-27-2)10-3-13-28-19-8-9-20-21(16-19)29-24-22(20)17-4-6-18(23)7-5-17/h4-9,16H,3,10-15H2,1-2H3. The van der Waals surface area contributed by atoms with E-state index in [-0.39, 0.29) is 0 Å². The van der Waals surface area contributed by atoms with Crippen LogP contribution in [-0.2, 0) is 9.47 Å². The molecule has 0 saturated carbocycles. The second kappa shape index (κ2) is 11.6. The molecule has 0 N–H and O–H groups in total. The zero-order valence-electron chi connectivity index (χ0n) is 16.9. The van der Waals surface area contributed by atoms with Crippen LogP contribution in [0, 0.1) is 0 Å². The summed E-state index contributed by atoms with van der Waals surface area (Å²) < 4.78 is 23.2. The van der Waals surface area contributed by atoms with Gasteiger partial charge in [0.2, 0.25) is 0 Å². The second-order valence-electron chi connectivity index (χ2n) is 6.73. The van der Waals surface area contributed by atoms with Gasteiger partial charge in [0.1, 0.15) is 5.75 Å². The van der Waals surface area contributed by atoms with Gasteiger partial charge in [0.05, 0.1) is 30.2 Å². The smallest absolute Gasteiger partial charge is 0.120 e. The molecule has 0 aliphatic heterocycles. The van der Waals surface area contributed by atoms with Crippen LogP contribution in [0.4, 0.5) is 0 Å². The third kappa shape index (κ3) is 6.49. The molecular weight excluding hydrogens is 452 g/mol. The van der Waals surface area contributed by atoms with E-state index < -0.39 is 0 Å². The highest BCUT2D eigenvalue weighted by Gasteiger charge is 2.10. The Kier molecular flexibility index (Phi) is 8.89. The first-order chi connectivity index (χ1) is 14.2. The van der Waals surface area contributed by atoms with Crippen molar-refractivity contribution < 1.29 is 14.2 Å². The summed E-state index contributed by atoms with van der Waals surface area (Å²) in [6, 6.07) is 14.5. The van der Waals surface area contributed by atoms with Gasteiger partial charge in [0.25, 0.3) is 0 Å². The molecule has 0 fully saturated rings. The lowest BCUT2D eigenvalue weighted by molar-refractivity contribution is 0.110. The van der Waals surface area contributed by atoms with Crippen LogP contribution in [0.2, 0.25) is 0 Å². The van der Waals surface area contributed by atoms with Crippen LogP contribution in [-0.4, -0.2) is 62.9 Å². The molecule has 0 atom stereocenters. The first-order valence-corrected chi connectivity index (χ1v) is 11.3. The van der Waals surface area contributed by atoms with E-state index in [0.29, 0.717) is 6.61 Å². The SMILES string of the molecule is COCCN(CCCOc1ccc2c(-c3ccc(Br)cc3)nsc2c1)CCOC. The number of aromatic nitrogens is 1. The number of benzene rings is 2. The number of ether oxygens (including phenoxy) is 3. The van der Waals surface area contributed by atoms with E-state index in [1.807, 2.05) is 18.2 Å². The third-order valence-electron chi connectivity index (χ3n) is 4.67. The lowest BCUT2D eigenvalue weighted by atomic mass is 10.1. The van der Waals surface area contributed by atoms with Gasteiger partial charge in [-0.2, -0.15) is 4.37 Å². The molecule has 2 aromatic carbocycles. The minimum absolute atomic E-state index is 0.681. The number of rotatable bonds is 12. The van der Waals surface area contributed by atoms with Gasteiger partial charge in [-0.15, -0.1) is 0 Å². The van der Waals surface area contributed by atoms with Crippen molar-refractivity contribution in [1.82, 2.24) is 9.27 Å². The normalized spacial score (nSPS) is 11.4. The van der Waals surface area contributed by atoms with Crippen molar-refractivity contribution in [2.45, 2.75) is 6.42 Å². The number of fused-ring (bicyclic) bond motifs is 1. The fourth-order valence-corrected chi connectivity index (χ4v) is 4.17. The van der Waals surface area contributed by atoms with Crippen LogP contribution in [0.1, 0.15) is 6.42 Å². The number of halogens is 1. The molecule has 0 aliphatic rings. The summed E-state index contributed by atoms with van der Waals surface area (Å²) in [5.74, 6) is 0.892. The van der Waals surface area contributed by atoms with Crippen LogP contribution in [0.3, 0.4) is 0 Å². The molecule has 0 bridgehead atoms. The largest absolute Gasteiger partial charge is 0.493 e. The second-order valence-corrected chi connectivity index (χ2v) is 8.45. The molecule has 0 radical (unpaired) electrons. The highest BCUT2D eigenvalue weighted by atomic mass is 79.9. The Labute approximate surface area is 184 Å². The lowest BCUT2D eigenvalue weighted by Crippen LogP contribution is -2.32. The molecule has 1 aromatic heterocycles. The van der Waals surface area contributed by atoms with Crippen LogP contribution < -0.4 is 4.74 Å². The first kappa shape index (κ1) is 22.2. The fourth-order valence-electron chi connectivity index (χ4n) is 3.08. The number of methoxy groups -OCH3 is 2. The summed E-state index contributed by atoms with van der Waals surface area (Å²) in [7, 11) is 3.46. The van der Waals surface area contributed by atoms with Crippen molar-refractivity contribution in [3.63, 3.8) is 0 Å². The molecule has 0 aliphatic carbocycles. The Morgan fingerprint density at radius 2 is 1.66 bits per heavy atom. The zero-order chi connectivity index (χ0) is 20.5. The van der Waals surface area contributed by atoms with Crippen molar-refractivity contribution in [2.75, 3.05) is 53.7 Å². The quantitative estimate of drug-likeness (QED) is 0.339. The highest BCUT2D eigenvalue weighted by Crippen LogP contribution is 2.33. The minimum Gasteiger partial charge on any atom is -0.493 e. The van der Waals surface area contributed by atoms with Gasteiger partial charge in [0, 0.05) is 49.3 Å². The number of nitrogens with zero attached hydrogens (tertiary/aromatic N) is 2. The van der Waals surface area contributed by atoms with E-state index in [4.69, 9.17) is 14.2 Å². The summed E-state index contributed by atoms with van der Waals surface area (Å²) in [4.78, 5) is 2.34. The molecule has 0 saturated heterocycles. The molecule has 1 heterocycles. The molecule has 156 valence electrons.